The Kier molecular flexibility index (Phi) is 7.12. The van der Waals surface area contributed by atoms with Gasteiger partial charge in [-0.25, -0.2) is 4.39 Å². The molecular weight excluding hydrogens is 333 g/mol. The molecule has 0 fully saturated rings. The van der Waals surface area contributed by atoms with Crippen LogP contribution in [0.4, 0.5) is 10.1 Å². The molecule has 0 bridgehead atoms. The molecule has 136 valence electrons. The van der Waals surface area contributed by atoms with E-state index in [1.165, 1.54) is 11.0 Å². The Bertz CT molecular complexity index is 771. The fraction of sp³-hybridized carbons (Fsp3) is 0.300. The van der Waals surface area contributed by atoms with Crippen molar-refractivity contribution in [2.24, 2.45) is 0 Å². The van der Waals surface area contributed by atoms with Crippen molar-refractivity contribution in [2.45, 2.75) is 13.0 Å². The smallest absolute Gasteiger partial charge is 0.241 e. The quantitative estimate of drug-likeness (QED) is 0.730. The molecule has 0 saturated carbocycles. The minimum Gasteiger partial charge on any atom is -0.497 e. The Morgan fingerprint density at radius 1 is 1.19 bits per heavy atom. The van der Waals surface area contributed by atoms with Gasteiger partial charge in [0.1, 0.15) is 11.6 Å². The Labute approximate surface area is 153 Å². The van der Waals surface area contributed by atoms with Gasteiger partial charge >= 0.3 is 0 Å². The molecule has 0 radical (unpaired) electrons. The number of benzene rings is 2. The number of rotatable bonds is 8. The number of anilines is 1. The number of hydrogen-bond acceptors (Lipinski definition) is 4. The van der Waals surface area contributed by atoms with Gasteiger partial charge in [-0.3, -0.25) is 9.69 Å². The maximum Gasteiger partial charge on any atom is 0.241 e. The molecule has 2 rings (SSSR count). The summed E-state index contributed by atoms with van der Waals surface area (Å²) in [4.78, 5) is 15.9. The van der Waals surface area contributed by atoms with E-state index in [9.17, 15) is 9.18 Å². The van der Waals surface area contributed by atoms with E-state index in [0.29, 0.717) is 6.54 Å². The number of ether oxygens (including phenoxy) is 1. The number of hydrogen-bond donors (Lipinski definition) is 0. The third-order valence-electron chi connectivity index (χ3n) is 3.91. The van der Waals surface area contributed by atoms with Gasteiger partial charge in [-0.15, -0.1) is 0 Å². The predicted molar refractivity (Wildman–Crippen MR) is 98.3 cm³/mol. The maximum absolute atomic E-state index is 14.1. The third kappa shape index (κ3) is 5.30. The molecule has 0 aliphatic rings. The Hall–Kier alpha value is -2.91. The van der Waals surface area contributed by atoms with E-state index in [2.05, 4.69) is 0 Å². The van der Waals surface area contributed by atoms with Crippen molar-refractivity contribution in [3.8, 4) is 11.8 Å². The van der Waals surface area contributed by atoms with E-state index in [4.69, 9.17) is 10.00 Å². The normalized spacial score (nSPS) is 10.4. The molecule has 1 amide bonds. The second-order valence-corrected chi connectivity index (χ2v) is 5.93. The highest BCUT2D eigenvalue weighted by molar-refractivity contribution is 5.94. The molecule has 0 saturated heterocycles. The lowest BCUT2D eigenvalue weighted by molar-refractivity contribution is -0.119. The van der Waals surface area contributed by atoms with E-state index in [1.807, 2.05) is 42.3 Å². The van der Waals surface area contributed by atoms with Crippen molar-refractivity contribution in [2.75, 3.05) is 32.1 Å². The second kappa shape index (κ2) is 9.54. The lowest BCUT2D eigenvalue weighted by atomic mass is 10.2. The van der Waals surface area contributed by atoms with Gasteiger partial charge in [0, 0.05) is 13.1 Å². The molecule has 2 aromatic carbocycles. The monoisotopic (exact) mass is 355 g/mol. The Morgan fingerprint density at radius 2 is 1.88 bits per heavy atom. The van der Waals surface area contributed by atoms with Crippen molar-refractivity contribution < 1.29 is 13.9 Å². The van der Waals surface area contributed by atoms with E-state index in [0.717, 1.165) is 11.3 Å². The van der Waals surface area contributed by atoms with Crippen LogP contribution in [0, 0.1) is 17.1 Å². The summed E-state index contributed by atoms with van der Waals surface area (Å²) >= 11 is 0. The van der Waals surface area contributed by atoms with Crippen molar-refractivity contribution in [3.63, 3.8) is 0 Å². The van der Waals surface area contributed by atoms with Crippen LogP contribution in [0.3, 0.4) is 0 Å². The topological polar surface area (TPSA) is 56.6 Å². The molecular formula is C20H22FN3O2. The van der Waals surface area contributed by atoms with Gasteiger partial charge in [-0.2, -0.15) is 5.26 Å². The lowest BCUT2D eigenvalue weighted by Gasteiger charge is -2.25. The molecule has 0 aliphatic heterocycles. The zero-order valence-electron chi connectivity index (χ0n) is 15.0. The molecule has 0 spiro atoms. The lowest BCUT2D eigenvalue weighted by Crippen LogP contribution is -2.40. The summed E-state index contributed by atoms with van der Waals surface area (Å²) in [6.45, 7) is 0.845. The van der Waals surface area contributed by atoms with Crippen molar-refractivity contribution >= 4 is 11.6 Å². The standard InChI is InChI=1S/C20H22FN3O2/c1-23(14-16-8-10-17(26-2)11-9-16)15-20(25)24(13-5-12-22)19-7-4-3-6-18(19)21/h3-4,6-11H,5,13-15H2,1-2H3. The summed E-state index contributed by atoms with van der Waals surface area (Å²) in [6, 6.07) is 15.7. The summed E-state index contributed by atoms with van der Waals surface area (Å²) in [6.07, 6.45) is 0.141. The molecule has 0 aromatic heterocycles. The minimum atomic E-state index is -0.475. The first-order chi connectivity index (χ1) is 12.5. The maximum atomic E-state index is 14.1. The van der Waals surface area contributed by atoms with E-state index < -0.39 is 5.82 Å². The van der Waals surface area contributed by atoms with Gasteiger partial charge in [-0.05, 0) is 36.9 Å². The number of carbonyl (C=O) groups is 1. The summed E-state index contributed by atoms with van der Waals surface area (Å²) in [5.41, 5.74) is 1.24. The van der Waals surface area contributed by atoms with Crippen LogP contribution < -0.4 is 9.64 Å². The highest BCUT2D eigenvalue weighted by Gasteiger charge is 2.20. The molecule has 2 aromatic rings. The number of methoxy groups -OCH3 is 1. The van der Waals surface area contributed by atoms with Gasteiger partial charge in [0.05, 0.1) is 31.8 Å². The van der Waals surface area contributed by atoms with Gasteiger partial charge in [0.2, 0.25) is 5.91 Å². The number of amides is 1. The van der Waals surface area contributed by atoms with Gasteiger partial charge < -0.3 is 9.64 Å². The molecule has 0 unspecified atom stereocenters. The summed E-state index contributed by atoms with van der Waals surface area (Å²) in [5.74, 6) is 0.0488. The van der Waals surface area contributed by atoms with Crippen LogP contribution in [0.15, 0.2) is 48.5 Å². The third-order valence-corrected chi connectivity index (χ3v) is 3.91. The van der Waals surface area contributed by atoms with E-state index in [-0.39, 0.29) is 31.1 Å². The Morgan fingerprint density at radius 3 is 2.50 bits per heavy atom. The molecule has 0 heterocycles. The SMILES string of the molecule is COc1ccc(CN(C)CC(=O)N(CCC#N)c2ccccc2F)cc1. The number of halogens is 1. The number of carbonyl (C=O) groups excluding carboxylic acids is 1. The van der Waals surface area contributed by atoms with E-state index >= 15 is 0 Å². The van der Waals surface area contributed by atoms with Crippen molar-refractivity contribution in [1.29, 1.82) is 5.26 Å². The Balaban J connectivity index is 2.05. The average Bonchev–Trinajstić information content (AvgIpc) is 2.64. The number of likely N-dealkylation sites (N-methyl/N-ethyl adjacent to an activating group) is 1. The van der Waals surface area contributed by atoms with Crippen molar-refractivity contribution in [1.82, 2.24) is 4.90 Å². The molecule has 0 aliphatic carbocycles. The zero-order valence-corrected chi connectivity index (χ0v) is 15.0. The highest BCUT2D eigenvalue weighted by Crippen LogP contribution is 2.20. The molecule has 6 heteroatoms. The zero-order chi connectivity index (χ0) is 18.9. The molecule has 0 N–H and O–H groups in total. The van der Waals surface area contributed by atoms with Gasteiger partial charge in [0.15, 0.2) is 0 Å². The number of para-hydroxylation sites is 1. The first kappa shape index (κ1) is 19.4. The summed E-state index contributed by atoms with van der Waals surface area (Å²) in [7, 11) is 3.43. The number of nitriles is 1. The van der Waals surface area contributed by atoms with Crippen LogP contribution in [0.2, 0.25) is 0 Å². The van der Waals surface area contributed by atoms with E-state index in [1.54, 1.807) is 25.3 Å². The first-order valence-electron chi connectivity index (χ1n) is 8.28. The van der Waals surface area contributed by atoms with Gasteiger partial charge in [-0.1, -0.05) is 24.3 Å². The summed E-state index contributed by atoms with van der Waals surface area (Å²) in [5, 5.41) is 8.83. The van der Waals surface area contributed by atoms with Crippen LogP contribution in [0.1, 0.15) is 12.0 Å². The van der Waals surface area contributed by atoms with Crippen LogP contribution in [0.5, 0.6) is 5.75 Å². The second-order valence-electron chi connectivity index (χ2n) is 5.93. The number of nitrogens with zero attached hydrogens (tertiary/aromatic N) is 3. The van der Waals surface area contributed by atoms with Crippen molar-refractivity contribution in [3.05, 3.63) is 59.9 Å². The minimum absolute atomic E-state index is 0.117. The fourth-order valence-electron chi connectivity index (χ4n) is 2.63. The average molecular weight is 355 g/mol. The largest absolute Gasteiger partial charge is 0.497 e. The molecule has 26 heavy (non-hydrogen) atoms. The van der Waals surface area contributed by atoms with Crippen LogP contribution in [-0.4, -0.2) is 38.1 Å². The van der Waals surface area contributed by atoms with Crippen LogP contribution >= 0.6 is 0 Å². The summed E-state index contributed by atoms with van der Waals surface area (Å²) < 4.78 is 19.2. The van der Waals surface area contributed by atoms with Crippen LogP contribution in [0.25, 0.3) is 0 Å². The van der Waals surface area contributed by atoms with Crippen LogP contribution in [-0.2, 0) is 11.3 Å². The highest BCUT2D eigenvalue weighted by atomic mass is 19.1. The molecule has 0 atom stereocenters. The van der Waals surface area contributed by atoms with Gasteiger partial charge in [0.25, 0.3) is 0 Å². The first-order valence-corrected chi connectivity index (χ1v) is 8.28. The predicted octanol–water partition coefficient (Wildman–Crippen LogP) is 3.21. The fourth-order valence-corrected chi connectivity index (χ4v) is 2.63. The molecule has 5 nitrogen and oxygen atoms in total.